The first-order valence-electron chi connectivity index (χ1n) is 6.85. The van der Waals surface area contributed by atoms with E-state index in [0.29, 0.717) is 0 Å². The third-order valence-electron chi connectivity index (χ3n) is 3.72. The second kappa shape index (κ2) is 7.24. The van der Waals surface area contributed by atoms with Crippen LogP contribution in [0.5, 0.6) is 0 Å². The SMILES string of the molecule is CC.CCC1CCN(C2CCNCC2)C1. The van der Waals surface area contributed by atoms with Crippen LogP contribution in [0.3, 0.4) is 0 Å². The molecule has 0 aromatic rings. The highest BCUT2D eigenvalue weighted by Crippen LogP contribution is 2.24. The molecule has 0 spiro atoms. The predicted molar refractivity (Wildman–Crippen MR) is 67.2 cm³/mol. The van der Waals surface area contributed by atoms with Gasteiger partial charge in [0, 0.05) is 12.6 Å². The van der Waals surface area contributed by atoms with E-state index in [1.807, 2.05) is 13.8 Å². The molecular formula is C13H28N2. The van der Waals surface area contributed by atoms with E-state index in [2.05, 4.69) is 17.1 Å². The molecule has 0 saturated carbocycles. The average molecular weight is 212 g/mol. The lowest BCUT2D eigenvalue weighted by Gasteiger charge is -2.31. The summed E-state index contributed by atoms with van der Waals surface area (Å²) in [5, 5.41) is 3.44. The first-order chi connectivity index (χ1) is 7.40. The Labute approximate surface area is 95.4 Å². The minimum absolute atomic E-state index is 0.901. The molecule has 2 saturated heterocycles. The molecule has 90 valence electrons. The lowest BCUT2D eigenvalue weighted by Crippen LogP contribution is -2.41. The summed E-state index contributed by atoms with van der Waals surface area (Å²) < 4.78 is 0. The monoisotopic (exact) mass is 212 g/mol. The third-order valence-corrected chi connectivity index (χ3v) is 3.72. The van der Waals surface area contributed by atoms with Crippen LogP contribution in [0.15, 0.2) is 0 Å². The number of nitrogens with zero attached hydrogens (tertiary/aromatic N) is 1. The first kappa shape index (κ1) is 13.0. The minimum Gasteiger partial charge on any atom is -0.317 e. The van der Waals surface area contributed by atoms with E-state index in [1.165, 1.54) is 51.9 Å². The van der Waals surface area contributed by atoms with E-state index < -0.39 is 0 Å². The third kappa shape index (κ3) is 3.76. The smallest absolute Gasteiger partial charge is 0.0119 e. The number of hydrogen-bond acceptors (Lipinski definition) is 2. The minimum atomic E-state index is 0.901. The van der Waals surface area contributed by atoms with Gasteiger partial charge in [0.05, 0.1) is 0 Å². The molecule has 2 heteroatoms. The van der Waals surface area contributed by atoms with Crippen molar-refractivity contribution in [3.8, 4) is 0 Å². The Hall–Kier alpha value is -0.0800. The van der Waals surface area contributed by atoms with Crippen molar-refractivity contribution in [2.45, 2.75) is 52.5 Å². The maximum atomic E-state index is 3.44. The average Bonchev–Trinajstić information content (AvgIpc) is 2.81. The number of nitrogens with one attached hydrogen (secondary N) is 1. The molecule has 2 heterocycles. The van der Waals surface area contributed by atoms with E-state index >= 15 is 0 Å². The predicted octanol–water partition coefficient (Wildman–Crippen LogP) is 2.50. The maximum absolute atomic E-state index is 3.44. The van der Waals surface area contributed by atoms with Gasteiger partial charge in [-0.2, -0.15) is 0 Å². The van der Waals surface area contributed by atoms with Crippen molar-refractivity contribution in [2.75, 3.05) is 26.2 Å². The van der Waals surface area contributed by atoms with Gasteiger partial charge < -0.3 is 10.2 Å². The van der Waals surface area contributed by atoms with Gasteiger partial charge in [-0.15, -0.1) is 0 Å². The molecule has 0 bridgehead atoms. The molecule has 0 radical (unpaired) electrons. The lowest BCUT2D eigenvalue weighted by atomic mass is 10.0. The molecule has 0 amide bonds. The molecule has 1 N–H and O–H groups in total. The van der Waals surface area contributed by atoms with Crippen molar-refractivity contribution in [3.05, 3.63) is 0 Å². The van der Waals surface area contributed by atoms with E-state index in [0.717, 1.165) is 12.0 Å². The summed E-state index contributed by atoms with van der Waals surface area (Å²) in [7, 11) is 0. The van der Waals surface area contributed by atoms with Crippen molar-refractivity contribution in [1.82, 2.24) is 10.2 Å². The Morgan fingerprint density at radius 3 is 2.33 bits per heavy atom. The Morgan fingerprint density at radius 2 is 1.80 bits per heavy atom. The standard InChI is InChI=1S/C11H22N2.C2H6/c1-2-10-5-8-13(9-10)11-3-6-12-7-4-11;1-2/h10-12H,2-9H2,1H3;1-2H3. The summed E-state index contributed by atoms with van der Waals surface area (Å²) in [6.45, 7) is 11.5. The Morgan fingerprint density at radius 1 is 1.13 bits per heavy atom. The van der Waals surface area contributed by atoms with Gasteiger partial charge in [-0.3, -0.25) is 0 Å². The van der Waals surface area contributed by atoms with Gasteiger partial charge in [0.25, 0.3) is 0 Å². The highest BCUT2D eigenvalue weighted by molar-refractivity contribution is 4.83. The summed E-state index contributed by atoms with van der Waals surface area (Å²) in [5.41, 5.74) is 0. The molecule has 2 aliphatic heterocycles. The van der Waals surface area contributed by atoms with Crippen LogP contribution in [0.2, 0.25) is 0 Å². The highest BCUT2D eigenvalue weighted by Gasteiger charge is 2.27. The van der Waals surface area contributed by atoms with Crippen molar-refractivity contribution >= 4 is 0 Å². The number of rotatable bonds is 2. The van der Waals surface area contributed by atoms with Crippen LogP contribution in [-0.4, -0.2) is 37.1 Å². The number of likely N-dealkylation sites (tertiary alicyclic amines) is 1. The van der Waals surface area contributed by atoms with Crippen LogP contribution in [0.4, 0.5) is 0 Å². The zero-order valence-corrected chi connectivity index (χ0v) is 10.8. The van der Waals surface area contributed by atoms with Crippen molar-refractivity contribution in [3.63, 3.8) is 0 Å². The lowest BCUT2D eigenvalue weighted by molar-refractivity contribution is 0.192. The van der Waals surface area contributed by atoms with Crippen molar-refractivity contribution in [2.24, 2.45) is 5.92 Å². The van der Waals surface area contributed by atoms with Gasteiger partial charge in [-0.05, 0) is 44.8 Å². The fourth-order valence-corrected chi connectivity index (χ4v) is 2.70. The van der Waals surface area contributed by atoms with Crippen LogP contribution >= 0.6 is 0 Å². The number of piperidine rings is 1. The molecule has 2 aliphatic rings. The molecule has 15 heavy (non-hydrogen) atoms. The molecule has 2 fully saturated rings. The summed E-state index contributed by atoms with van der Waals surface area (Å²) in [4.78, 5) is 2.73. The Balaban J connectivity index is 0.000000531. The van der Waals surface area contributed by atoms with Crippen LogP contribution in [0.1, 0.15) is 46.5 Å². The van der Waals surface area contributed by atoms with Crippen LogP contribution in [-0.2, 0) is 0 Å². The zero-order valence-electron chi connectivity index (χ0n) is 10.8. The molecule has 0 aliphatic carbocycles. The van der Waals surface area contributed by atoms with Gasteiger partial charge in [0.1, 0.15) is 0 Å². The summed E-state index contributed by atoms with van der Waals surface area (Å²) in [6, 6.07) is 0.901. The fourth-order valence-electron chi connectivity index (χ4n) is 2.70. The second-order valence-electron chi connectivity index (χ2n) is 4.54. The highest BCUT2D eigenvalue weighted by atomic mass is 15.2. The Bertz CT molecular complexity index is 153. The van der Waals surface area contributed by atoms with E-state index in [1.54, 1.807) is 0 Å². The van der Waals surface area contributed by atoms with Crippen LogP contribution in [0, 0.1) is 5.92 Å². The zero-order chi connectivity index (χ0) is 11.1. The van der Waals surface area contributed by atoms with Gasteiger partial charge in [-0.1, -0.05) is 27.2 Å². The topological polar surface area (TPSA) is 15.3 Å². The van der Waals surface area contributed by atoms with Crippen molar-refractivity contribution < 1.29 is 0 Å². The molecule has 2 rings (SSSR count). The van der Waals surface area contributed by atoms with Crippen molar-refractivity contribution in [1.29, 1.82) is 0 Å². The molecule has 1 unspecified atom stereocenters. The summed E-state index contributed by atoms with van der Waals surface area (Å²) in [5.74, 6) is 0.995. The van der Waals surface area contributed by atoms with Gasteiger partial charge >= 0.3 is 0 Å². The molecule has 0 aromatic heterocycles. The van der Waals surface area contributed by atoms with Gasteiger partial charge in [0.15, 0.2) is 0 Å². The van der Waals surface area contributed by atoms with Gasteiger partial charge in [0.2, 0.25) is 0 Å². The maximum Gasteiger partial charge on any atom is 0.0119 e. The normalized spacial score (nSPS) is 28.6. The van der Waals surface area contributed by atoms with E-state index in [4.69, 9.17) is 0 Å². The summed E-state index contributed by atoms with van der Waals surface area (Å²) >= 11 is 0. The first-order valence-corrected chi connectivity index (χ1v) is 6.85. The van der Waals surface area contributed by atoms with E-state index in [9.17, 15) is 0 Å². The largest absolute Gasteiger partial charge is 0.317 e. The molecule has 2 nitrogen and oxygen atoms in total. The molecule has 0 aromatic carbocycles. The number of hydrogen-bond donors (Lipinski definition) is 1. The fraction of sp³-hybridized carbons (Fsp3) is 1.00. The molecular weight excluding hydrogens is 184 g/mol. The van der Waals surface area contributed by atoms with E-state index in [-0.39, 0.29) is 0 Å². The summed E-state index contributed by atoms with van der Waals surface area (Å²) in [6.07, 6.45) is 5.56. The molecule has 1 atom stereocenters. The second-order valence-corrected chi connectivity index (χ2v) is 4.54. The quantitative estimate of drug-likeness (QED) is 0.756. The Kier molecular flexibility index (Phi) is 6.26. The van der Waals surface area contributed by atoms with Crippen LogP contribution in [0.25, 0.3) is 0 Å². The van der Waals surface area contributed by atoms with Gasteiger partial charge in [-0.25, -0.2) is 0 Å². The van der Waals surface area contributed by atoms with Crippen LogP contribution < -0.4 is 5.32 Å².